The molecule has 0 saturated heterocycles. The van der Waals surface area contributed by atoms with Crippen LogP contribution in [0.1, 0.15) is 63.8 Å². The molecule has 0 aliphatic rings. The Bertz CT molecular complexity index is 1730. The predicted molar refractivity (Wildman–Crippen MR) is 203 cm³/mol. The van der Waals surface area contributed by atoms with E-state index in [-0.39, 0.29) is 37.7 Å². The normalized spacial score (nSPS) is 14.6. The molecule has 0 saturated carbocycles. The van der Waals surface area contributed by atoms with Gasteiger partial charge in [-0.25, -0.2) is 9.78 Å². The van der Waals surface area contributed by atoms with Crippen LogP contribution in [0.25, 0.3) is 10.8 Å². The monoisotopic (exact) mass is 729 g/mol. The molecule has 12 heteroatoms. The Morgan fingerprint density at radius 3 is 2.23 bits per heavy atom. The van der Waals surface area contributed by atoms with E-state index in [4.69, 9.17) is 4.74 Å². The van der Waals surface area contributed by atoms with Crippen molar-refractivity contribution in [2.24, 2.45) is 11.8 Å². The highest BCUT2D eigenvalue weighted by Crippen LogP contribution is 2.21. The first-order chi connectivity index (χ1) is 25.1. The lowest BCUT2D eigenvalue weighted by Gasteiger charge is -2.31. The third-order valence-corrected chi connectivity index (χ3v) is 10.0. The third kappa shape index (κ3) is 12.2. The molecule has 0 aliphatic carbocycles. The van der Waals surface area contributed by atoms with E-state index in [0.717, 1.165) is 28.3 Å². The van der Waals surface area contributed by atoms with Gasteiger partial charge in [-0.15, -0.1) is 11.3 Å². The van der Waals surface area contributed by atoms with Gasteiger partial charge in [0.15, 0.2) is 0 Å². The molecule has 3 aromatic carbocycles. The molecule has 278 valence electrons. The number of carbonyl (C=O) groups excluding carboxylic acids is 4. The molecular weight excluding hydrogens is 679 g/mol. The van der Waals surface area contributed by atoms with Gasteiger partial charge in [-0.1, -0.05) is 113 Å². The molecule has 5 N–H and O–H groups in total. The molecule has 52 heavy (non-hydrogen) atoms. The zero-order chi connectivity index (χ0) is 37.5. The minimum atomic E-state index is -1.16. The summed E-state index contributed by atoms with van der Waals surface area (Å²) in [5.41, 5.74) is 3.85. The van der Waals surface area contributed by atoms with Crippen molar-refractivity contribution in [3.05, 3.63) is 101 Å². The van der Waals surface area contributed by atoms with Crippen LogP contribution >= 0.6 is 11.3 Å². The molecule has 4 amide bonds. The lowest BCUT2D eigenvalue weighted by molar-refractivity contribution is -0.131. The molecule has 4 rings (SSSR count). The fourth-order valence-electron chi connectivity index (χ4n) is 5.79. The van der Waals surface area contributed by atoms with Crippen LogP contribution in [0.3, 0.4) is 0 Å². The van der Waals surface area contributed by atoms with Gasteiger partial charge in [-0.05, 0) is 33.7 Å². The van der Waals surface area contributed by atoms with Crippen LogP contribution in [-0.2, 0) is 38.6 Å². The van der Waals surface area contributed by atoms with Crippen LogP contribution < -0.4 is 21.3 Å². The van der Waals surface area contributed by atoms with Gasteiger partial charge >= 0.3 is 6.09 Å². The number of benzene rings is 3. The van der Waals surface area contributed by atoms with Gasteiger partial charge in [0.05, 0.1) is 29.8 Å². The van der Waals surface area contributed by atoms with E-state index < -0.39 is 42.1 Å². The van der Waals surface area contributed by atoms with Crippen molar-refractivity contribution in [2.45, 2.75) is 90.6 Å². The minimum Gasteiger partial charge on any atom is -0.445 e. The second kappa shape index (κ2) is 20.3. The van der Waals surface area contributed by atoms with Crippen LogP contribution in [0.2, 0.25) is 0 Å². The van der Waals surface area contributed by atoms with E-state index in [2.05, 4.69) is 26.3 Å². The maximum absolute atomic E-state index is 14.2. The Balaban J connectivity index is 1.55. The van der Waals surface area contributed by atoms with Crippen LogP contribution in [-0.4, -0.2) is 64.7 Å². The standard InChI is InChI=1S/C40H51N5O6S/c1-5-26(3)22-41-36(47)21-35(46)37(27(4)6-2)45-39(49)34(20-31-24-52-25-42-31)43-38(48)33(44-40(50)51-23-28-13-8-7-9-14-28)19-30-17-12-16-29-15-10-11-18-32(29)30/h7-18,24-27,33-35,37,46H,5-6,19-23H2,1-4H3,(H,41,47)(H,43,48)(H,44,50)(H,45,49)/t26?,27?,33-,34?,35-,37-/m0/s1. The van der Waals surface area contributed by atoms with Gasteiger partial charge in [0, 0.05) is 24.8 Å². The van der Waals surface area contributed by atoms with Crippen LogP contribution in [0.4, 0.5) is 4.79 Å². The molecule has 0 radical (unpaired) electrons. The zero-order valence-corrected chi connectivity index (χ0v) is 31.2. The minimum absolute atomic E-state index is 0.0130. The first-order valence-electron chi connectivity index (χ1n) is 17.9. The highest BCUT2D eigenvalue weighted by atomic mass is 32.1. The first-order valence-corrected chi connectivity index (χ1v) is 18.9. The summed E-state index contributed by atoms with van der Waals surface area (Å²) in [4.78, 5) is 58.4. The van der Waals surface area contributed by atoms with E-state index in [1.807, 2.05) is 100 Å². The molecule has 4 aromatic rings. The molecule has 0 spiro atoms. The Labute approximate surface area is 310 Å². The summed E-state index contributed by atoms with van der Waals surface area (Å²) in [6, 6.07) is 19.8. The third-order valence-electron chi connectivity index (χ3n) is 9.37. The molecule has 3 unspecified atom stereocenters. The fourth-order valence-corrected chi connectivity index (χ4v) is 6.37. The van der Waals surface area contributed by atoms with E-state index in [1.54, 1.807) is 10.9 Å². The summed E-state index contributed by atoms with van der Waals surface area (Å²) in [6.07, 6.45) is -0.396. The van der Waals surface area contributed by atoms with Gasteiger partial charge in [0.25, 0.3) is 0 Å². The lowest BCUT2D eigenvalue weighted by atomic mass is 9.91. The lowest BCUT2D eigenvalue weighted by Crippen LogP contribution is -2.58. The maximum atomic E-state index is 14.2. The molecule has 0 aliphatic heterocycles. The van der Waals surface area contributed by atoms with Crippen LogP contribution in [0.5, 0.6) is 0 Å². The number of amides is 4. The van der Waals surface area contributed by atoms with Crippen molar-refractivity contribution >= 4 is 45.9 Å². The molecule has 1 aromatic heterocycles. The number of thiazole rings is 1. The highest BCUT2D eigenvalue weighted by Gasteiger charge is 2.33. The number of nitrogens with zero attached hydrogens (tertiary/aromatic N) is 1. The van der Waals surface area contributed by atoms with Crippen molar-refractivity contribution < 1.29 is 29.0 Å². The molecule has 6 atom stereocenters. The van der Waals surface area contributed by atoms with E-state index in [1.165, 1.54) is 11.3 Å². The average molecular weight is 730 g/mol. The Morgan fingerprint density at radius 2 is 1.52 bits per heavy atom. The number of ether oxygens (including phenoxy) is 1. The number of hydrogen-bond donors (Lipinski definition) is 5. The second-order valence-corrected chi connectivity index (χ2v) is 14.1. The van der Waals surface area contributed by atoms with Crippen molar-refractivity contribution in [3.8, 4) is 0 Å². The number of rotatable bonds is 19. The number of aliphatic hydroxyl groups excluding tert-OH is 1. The van der Waals surface area contributed by atoms with Crippen molar-refractivity contribution in [2.75, 3.05) is 6.54 Å². The molecular formula is C40H51N5O6S. The summed E-state index contributed by atoms with van der Waals surface area (Å²) < 4.78 is 5.48. The molecule has 11 nitrogen and oxygen atoms in total. The maximum Gasteiger partial charge on any atom is 0.408 e. The van der Waals surface area contributed by atoms with Crippen LogP contribution in [0.15, 0.2) is 83.7 Å². The summed E-state index contributed by atoms with van der Waals surface area (Å²) in [5, 5.41) is 26.3. The molecule has 1 heterocycles. The van der Waals surface area contributed by atoms with Gasteiger partial charge in [-0.2, -0.15) is 0 Å². The summed E-state index contributed by atoms with van der Waals surface area (Å²) >= 11 is 1.36. The first kappa shape index (κ1) is 40.0. The topological polar surface area (TPSA) is 159 Å². The van der Waals surface area contributed by atoms with Gasteiger partial charge in [0.2, 0.25) is 17.7 Å². The van der Waals surface area contributed by atoms with Crippen molar-refractivity contribution in [1.29, 1.82) is 0 Å². The Kier molecular flexibility index (Phi) is 15.6. The smallest absolute Gasteiger partial charge is 0.408 e. The van der Waals surface area contributed by atoms with Crippen molar-refractivity contribution in [1.82, 2.24) is 26.3 Å². The summed E-state index contributed by atoms with van der Waals surface area (Å²) in [7, 11) is 0. The van der Waals surface area contributed by atoms with E-state index in [9.17, 15) is 24.3 Å². The van der Waals surface area contributed by atoms with Crippen LogP contribution in [0, 0.1) is 11.8 Å². The number of nitrogens with one attached hydrogen (secondary N) is 4. The average Bonchev–Trinajstić information content (AvgIpc) is 3.68. The van der Waals surface area contributed by atoms with E-state index >= 15 is 0 Å². The second-order valence-electron chi connectivity index (χ2n) is 13.4. The number of aliphatic hydroxyl groups is 1. The summed E-state index contributed by atoms with van der Waals surface area (Å²) in [5.74, 6) is -1.32. The Morgan fingerprint density at radius 1 is 0.827 bits per heavy atom. The summed E-state index contributed by atoms with van der Waals surface area (Å²) in [6.45, 7) is 8.42. The van der Waals surface area contributed by atoms with E-state index in [0.29, 0.717) is 24.6 Å². The SMILES string of the molecule is CCC(C)CNC(=O)C[C@H](O)[C@@H](NC(=O)C(Cc1cscn1)NC(=O)[C@H](Cc1cccc2ccccc12)NC(=O)OCc1ccccc1)C(C)CC. The number of aromatic nitrogens is 1. The quantitative estimate of drug-likeness (QED) is 0.0876. The number of hydrogen-bond acceptors (Lipinski definition) is 8. The fraction of sp³-hybridized carbons (Fsp3) is 0.425. The molecule has 0 fully saturated rings. The molecule has 0 bridgehead atoms. The van der Waals surface area contributed by atoms with Crippen molar-refractivity contribution in [3.63, 3.8) is 0 Å². The predicted octanol–water partition coefficient (Wildman–Crippen LogP) is 5.31. The van der Waals surface area contributed by atoms with Gasteiger partial charge in [0.1, 0.15) is 18.7 Å². The zero-order valence-electron chi connectivity index (χ0n) is 30.3. The highest BCUT2D eigenvalue weighted by molar-refractivity contribution is 7.07. The number of alkyl carbamates (subject to hydrolysis) is 1. The largest absolute Gasteiger partial charge is 0.445 e. The number of carbonyl (C=O) groups is 4. The Hall–Kier alpha value is -4.81. The van der Waals surface area contributed by atoms with Gasteiger partial charge < -0.3 is 31.1 Å². The number of fused-ring (bicyclic) bond motifs is 1. The van der Waals surface area contributed by atoms with Gasteiger partial charge in [-0.3, -0.25) is 14.4 Å².